The highest BCUT2D eigenvalue weighted by Gasteiger charge is 2.48. The van der Waals surface area contributed by atoms with Crippen molar-refractivity contribution in [2.75, 3.05) is 28.4 Å². The zero-order valence-corrected chi connectivity index (χ0v) is 17.3. The van der Waals surface area contributed by atoms with Crippen LogP contribution in [0, 0.1) is 17.3 Å². The molecule has 0 saturated heterocycles. The van der Waals surface area contributed by atoms with Crippen LogP contribution in [0.3, 0.4) is 0 Å². The molecule has 2 fully saturated rings. The Morgan fingerprint density at radius 2 is 1.38 bits per heavy atom. The predicted octanol–water partition coefficient (Wildman–Crippen LogP) is 2.12. The lowest BCUT2D eigenvalue weighted by Gasteiger charge is -2.26. The van der Waals surface area contributed by atoms with Gasteiger partial charge in [-0.25, -0.2) is 0 Å². The van der Waals surface area contributed by atoms with Crippen molar-refractivity contribution in [3.63, 3.8) is 0 Å². The summed E-state index contributed by atoms with van der Waals surface area (Å²) in [6.07, 6.45) is 6.46. The third kappa shape index (κ3) is 4.86. The van der Waals surface area contributed by atoms with Crippen LogP contribution in [0.4, 0.5) is 0 Å². The lowest BCUT2D eigenvalue weighted by Crippen LogP contribution is -2.40. The van der Waals surface area contributed by atoms with Gasteiger partial charge < -0.3 is 18.9 Å². The summed E-state index contributed by atoms with van der Waals surface area (Å²) in [6.45, 7) is 0. The highest BCUT2D eigenvalue weighted by molar-refractivity contribution is 6.00. The van der Waals surface area contributed by atoms with Gasteiger partial charge in [-0.2, -0.15) is 0 Å². The van der Waals surface area contributed by atoms with Crippen LogP contribution in [0.15, 0.2) is 23.3 Å². The van der Waals surface area contributed by atoms with Crippen molar-refractivity contribution in [2.24, 2.45) is 17.3 Å². The van der Waals surface area contributed by atoms with E-state index >= 15 is 0 Å². The number of esters is 4. The maximum Gasteiger partial charge on any atom is 0.323 e. The topological polar surface area (TPSA) is 105 Å². The summed E-state index contributed by atoms with van der Waals surface area (Å²) in [6, 6.07) is 0. The molecule has 0 bridgehead atoms. The highest BCUT2D eigenvalue weighted by atomic mass is 16.5. The summed E-state index contributed by atoms with van der Waals surface area (Å²) in [5, 5.41) is 0. The van der Waals surface area contributed by atoms with Crippen molar-refractivity contribution in [1.82, 2.24) is 0 Å². The second-order valence-electron chi connectivity index (χ2n) is 7.28. The van der Waals surface area contributed by atoms with Crippen LogP contribution in [-0.4, -0.2) is 52.3 Å². The maximum absolute atomic E-state index is 12.6. The van der Waals surface area contributed by atoms with Crippen molar-refractivity contribution in [1.29, 1.82) is 0 Å². The number of allylic oxidation sites excluding steroid dienone is 3. The molecule has 8 heteroatoms. The Hall–Kier alpha value is -2.64. The summed E-state index contributed by atoms with van der Waals surface area (Å²) in [5.74, 6) is -3.90. The molecule has 2 rings (SSSR count). The monoisotopic (exact) mass is 408 g/mol. The normalized spacial score (nSPS) is 22.1. The van der Waals surface area contributed by atoms with Gasteiger partial charge in [0.05, 0.1) is 40.3 Å². The molecule has 0 amide bonds. The minimum absolute atomic E-state index is 0.00710. The van der Waals surface area contributed by atoms with E-state index in [1.54, 1.807) is 6.08 Å². The second kappa shape index (κ2) is 9.71. The van der Waals surface area contributed by atoms with Crippen molar-refractivity contribution < 1.29 is 38.1 Å². The molecular formula is C21H28O8. The first-order chi connectivity index (χ1) is 13.8. The molecule has 2 aliphatic carbocycles. The molecule has 160 valence electrons. The standard InChI is InChI=1S/C21H28O8/c1-26-17(22)15-8-7-14(16(15)18(23)27-2)10-12-21(19(24)28-3,20(25)29-4)11-9-13-5-6-13/h9-10,15-16H,5-8,11-12H2,1-4H3/b14-10+. The van der Waals surface area contributed by atoms with Crippen molar-refractivity contribution in [3.8, 4) is 0 Å². The molecule has 0 aliphatic heterocycles. The summed E-state index contributed by atoms with van der Waals surface area (Å²) in [7, 11) is 4.96. The fourth-order valence-electron chi connectivity index (χ4n) is 3.77. The highest BCUT2D eigenvalue weighted by Crippen LogP contribution is 2.41. The molecule has 0 heterocycles. The molecule has 2 aliphatic rings. The van der Waals surface area contributed by atoms with Gasteiger partial charge in [-0.3, -0.25) is 19.2 Å². The van der Waals surface area contributed by atoms with E-state index in [9.17, 15) is 19.2 Å². The van der Waals surface area contributed by atoms with Crippen molar-refractivity contribution in [2.45, 2.75) is 38.5 Å². The van der Waals surface area contributed by atoms with Gasteiger partial charge in [0.15, 0.2) is 5.41 Å². The van der Waals surface area contributed by atoms with Gasteiger partial charge in [0.1, 0.15) is 0 Å². The Morgan fingerprint density at radius 1 is 0.828 bits per heavy atom. The lowest BCUT2D eigenvalue weighted by atomic mass is 9.79. The summed E-state index contributed by atoms with van der Waals surface area (Å²) >= 11 is 0. The molecule has 0 aromatic rings. The van der Waals surface area contributed by atoms with Crippen LogP contribution in [0.2, 0.25) is 0 Å². The van der Waals surface area contributed by atoms with E-state index in [1.165, 1.54) is 34.0 Å². The molecule has 0 spiro atoms. The summed E-state index contributed by atoms with van der Waals surface area (Å²) < 4.78 is 19.5. The van der Waals surface area contributed by atoms with Gasteiger partial charge in [-0.05, 0) is 38.5 Å². The van der Waals surface area contributed by atoms with Crippen LogP contribution in [-0.2, 0) is 38.1 Å². The first-order valence-corrected chi connectivity index (χ1v) is 9.54. The number of ether oxygens (including phenoxy) is 4. The predicted molar refractivity (Wildman–Crippen MR) is 101 cm³/mol. The third-order valence-corrected chi connectivity index (χ3v) is 5.65. The third-order valence-electron chi connectivity index (χ3n) is 5.65. The van der Waals surface area contributed by atoms with Gasteiger partial charge in [-0.15, -0.1) is 0 Å². The number of carbonyl (C=O) groups excluding carboxylic acids is 4. The Bertz CT molecular complexity index is 711. The molecule has 0 radical (unpaired) electrons. The number of rotatable bonds is 8. The van der Waals surface area contributed by atoms with Gasteiger partial charge in [0.2, 0.25) is 0 Å². The van der Waals surface area contributed by atoms with E-state index in [0.29, 0.717) is 18.4 Å². The van der Waals surface area contributed by atoms with Gasteiger partial charge in [0, 0.05) is 0 Å². The summed E-state index contributed by atoms with van der Waals surface area (Å²) in [4.78, 5) is 49.6. The Kier molecular flexibility index (Phi) is 7.59. The summed E-state index contributed by atoms with van der Waals surface area (Å²) in [5.41, 5.74) is 0.272. The number of hydrogen-bond acceptors (Lipinski definition) is 8. The average Bonchev–Trinajstić information content (AvgIpc) is 3.48. The minimum Gasteiger partial charge on any atom is -0.469 e. The maximum atomic E-state index is 12.6. The molecule has 0 aromatic heterocycles. The van der Waals surface area contributed by atoms with E-state index in [1.807, 2.05) is 6.08 Å². The van der Waals surface area contributed by atoms with Crippen LogP contribution < -0.4 is 0 Å². The number of methoxy groups -OCH3 is 4. The fourth-order valence-corrected chi connectivity index (χ4v) is 3.77. The molecule has 8 nitrogen and oxygen atoms in total. The van der Waals surface area contributed by atoms with Crippen molar-refractivity contribution in [3.05, 3.63) is 23.3 Å². The molecule has 2 atom stereocenters. The fraction of sp³-hybridized carbons (Fsp3) is 0.619. The first-order valence-electron chi connectivity index (χ1n) is 9.54. The first kappa shape index (κ1) is 22.6. The number of hydrogen-bond donors (Lipinski definition) is 0. The van der Waals surface area contributed by atoms with Crippen LogP contribution in [0.5, 0.6) is 0 Å². The molecular weight excluding hydrogens is 380 g/mol. The van der Waals surface area contributed by atoms with E-state index in [2.05, 4.69) is 0 Å². The van der Waals surface area contributed by atoms with Gasteiger partial charge in [-0.1, -0.05) is 23.3 Å². The van der Waals surface area contributed by atoms with E-state index < -0.39 is 41.1 Å². The number of carbonyl (C=O) groups is 4. The van der Waals surface area contributed by atoms with Gasteiger partial charge in [0.25, 0.3) is 0 Å². The van der Waals surface area contributed by atoms with E-state index in [-0.39, 0.29) is 12.8 Å². The van der Waals surface area contributed by atoms with E-state index in [4.69, 9.17) is 18.9 Å². The smallest absolute Gasteiger partial charge is 0.323 e. The Balaban J connectivity index is 2.38. The largest absolute Gasteiger partial charge is 0.469 e. The van der Waals surface area contributed by atoms with Crippen molar-refractivity contribution >= 4 is 23.9 Å². The quantitative estimate of drug-likeness (QED) is 0.260. The molecule has 29 heavy (non-hydrogen) atoms. The van der Waals surface area contributed by atoms with Gasteiger partial charge >= 0.3 is 23.9 Å². The Labute approximate surface area is 170 Å². The van der Waals surface area contributed by atoms with Crippen LogP contribution in [0.25, 0.3) is 0 Å². The zero-order chi connectivity index (χ0) is 21.6. The van der Waals surface area contributed by atoms with E-state index in [0.717, 1.165) is 12.8 Å². The Morgan fingerprint density at radius 3 is 1.86 bits per heavy atom. The zero-order valence-electron chi connectivity index (χ0n) is 17.3. The second-order valence-corrected chi connectivity index (χ2v) is 7.28. The minimum atomic E-state index is -1.55. The molecule has 0 N–H and O–H groups in total. The molecule has 2 unspecified atom stereocenters. The SMILES string of the molecule is COC(=O)C1CC/C(=C\CC(CC=C2CC2)(C(=O)OC)C(=O)OC)C1C(=O)OC. The lowest BCUT2D eigenvalue weighted by molar-refractivity contribution is -0.168. The molecule has 2 saturated carbocycles. The molecule has 0 aromatic carbocycles. The van der Waals surface area contributed by atoms with Crippen LogP contribution in [0.1, 0.15) is 38.5 Å². The average molecular weight is 408 g/mol. The van der Waals surface area contributed by atoms with Crippen LogP contribution >= 0.6 is 0 Å².